The maximum Gasteiger partial charge on any atom is 0.160 e. The third-order valence-corrected chi connectivity index (χ3v) is 4.30. The van der Waals surface area contributed by atoms with Crippen molar-refractivity contribution in [3.63, 3.8) is 0 Å². The molecule has 0 unspecified atom stereocenters. The third kappa shape index (κ3) is 4.73. The molecule has 0 radical (unpaired) electrons. The van der Waals surface area contributed by atoms with E-state index in [9.17, 15) is 8.78 Å². The van der Waals surface area contributed by atoms with Crippen molar-refractivity contribution in [3.05, 3.63) is 66.0 Å². The van der Waals surface area contributed by atoms with E-state index in [1.54, 1.807) is 13.0 Å². The van der Waals surface area contributed by atoms with Crippen molar-refractivity contribution in [1.29, 1.82) is 0 Å². The third-order valence-electron chi connectivity index (χ3n) is 4.30. The Kier molecular flexibility index (Phi) is 6.03. The van der Waals surface area contributed by atoms with Gasteiger partial charge < -0.3 is 15.5 Å². The van der Waals surface area contributed by atoms with Gasteiger partial charge in [0.15, 0.2) is 11.6 Å². The number of hydrogen-bond acceptors (Lipinski definition) is 5. The molecule has 0 bridgehead atoms. The van der Waals surface area contributed by atoms with Gasteiger partial charge >= 0.3 is 0 Å². The second-order valence-corrected chi connectivity index (χ2v) is 6.28. The topological polar surface area (TPSA) is 53.1 Å². The largest absolute Gasteiger partial charge is 0.372 e. The molecule has 0 spiro atoms. The van der Waals surface area contributed by atoms with Crippen molar-refractivity contribution in [1.82, 2.24) is 9.97 Å². The number of nitrogens with one attached hydrogen (secondary N) is 2. The summed E-state index contributed by atoms with van der Waals surface area (Å²) in [7, 11) is 0. The van der Waals surface area contributed by atoms with E-state index < -0.39 is 11.6 Å². The summed E-state index contributed by atoms with van der Waals surface area (Å²) in [6.45, 7) is 7.92. The molecule has 7 heteroatoms. The van der Waals surface area contributed by atoms with Crippen LogP contribution in [-0.4, -0.2) is 23.1 Å². The van der Waals surface area contributed by atoms with E-state index in [0.29, 0.717) is 23.1 Å². The van der Waals surface area contributed by atoms with Crippen molar-refractivity contribution in [2.75, 3.05) is 28.6 Å². The zero-order chi connectivity index (χ0) is 20.1. The van der Waals surface area contributed by atoms with Crippen molar-refractivity contribution >= 4 is 28.7 Å². The Bertz CT molecular complexity index is 940. The maximum atomic E-state index is 13.4. The number of benzene rings is 2. The predicted octanol–water partition coefficient (Wildman–Crippen LogP) is 5.40. The number of hydrogen-bond donors (Lipinski definition) is 2. The van der Waals surface area contributed by atoms with E-state index in [1.807, 2.05) is 12.1 Å². The second-order valence-electron chi connectivity index (χ2n) is 6.28. The Balaban J connectivity index is 1.76. The molecule has 0 aliphatic rings. The Morgan fingerprint density at radius 2 is 1.36 bits per heavy atom. The summed E-state index contributed by atoms with van der Waals surface area (Å²) in [6.07, 6.45) is 0. The molecule has 1 aromatic heterocycles. The van der Waals surface area contributed by atoms with Crippen LogP contribution in [0.2, 0.25) is 0 Å². The van der Waals surface area contributed by atoms with Crippen LogP contribution < -0.4 is 15.5 Å². The fourth-order valence-corrected chi connectivity index (χ4v) is 2.91. The van der Waals surface area contributed by atoms with Crippen LogP contribution in [0.25, 0.3) is 0 Å². The van der Waals surface area contributed by atoms with Crippen LogP contribution in [-0.2, 0) is 0 Å². The zero-order valence-electron chi connectivity index (χ0n) is 16.1. The van der Waals surface area contributed by atoms with Crippen molar-refractivity contribution in [2.24, 2.45) is 0 Å². The highest BCUT2D eigenvalue weighted by atomic mass is 19.2. The van der Waals surface area contributed by atoms with Gasteiger partial charge in [-0.15, -0.1) is 0 Å². The molecule has 2 aromatic carbocycles. The molecular weight excluding hydrogens is 360 g/mol. The summed E-state index contributed by atoms with van der Waals surface area (Å²) < 4.78 is 26.5. The van der Waals surface area contributed by atoms with Gasteiger partial charge in [0, 0.05) is 42.3 Å². The van der Waals surface area contributed by atoms with Gasteiger partial charge in [0.25, 0.3) is 0 Å². The van der Waals surface area contributed by atoms with E-state index in [0.717, 1.165) is 36.6 Å². The van der Waals surface area contributed by atoms with Crippen LogP contribution in [0.4, 0.5) is 37.5 Å². The average molecular weight is 383 g/mol. The van der Waals surface area contributed by atoms with Gasteiger partial charge in [-0.1, -0.05) is 0 Å². The Hall–Kier alpha value is -3.22. The van der Waals surface area contributed by atoms with Gasteiger partial charge in [-0.3, -0.25) is 0 Å². The van der Waals surface area contributed by atoms with Crippen LogP contribution in [0.1, 0.15) is 19.7 Å². The summed E-state index contributed by atoms with van der Waals surface area (Å²) in [5.74, 6) is -0.161. The molecule has 28 heavy (non-hydrogen) atoms. The molecule has 0 fully saturated rings. The van der Waals surface area contributed by atoms with Crippen molar-refractivity contribution in [3.8, 4) is 0 Å². The Morgan fingerprint density at radius 1 is 0.786 bits per heavy atom. The highest BCUT2D eigenvalue weighted by Gasteiger charge is 2.07. The maximum absolute atomic E-state index is 13.4. The molecular formula is C21H23F2N5. The molecule has 3 aromatic rings. The minimum atomic E-state index is -0.914. The van der Waals surface area contributed by atoms with Crippen molar-refractivity contribution in [2.45, 2.75) is 20.8 Å². The fourth-order valence-electron chi connectivity index (χ4n) is 2.91. The molecule has 2 N–H and O–H groups in total. The number of rotatable bonds is 7. The summed E-state index contributed by atoms with van der Waals surface area (Å²) >= 11 is 0. The van der Waals surface area contributed by atoms with Gasteiger partial charge in [0.05, 0.1) is 0 Å². The molecule has 3 rings (SSSR count). The lowest BCUT2D eigenvalue weighted by atomic mass is 10.2. The fraction of sp³-hybridized carbons (Fsp3) is 0.238. The van der Waals surface area contributed by atoms with Crippen molar-refractivity contribution < 1.29 is 8.78 Å². The lowest BCUT2D eigenvalue weighted by Gasteiger charge is -2.21. The highest BCUT2D eigenvalue weighted by Crippen LogP contribution is 2.23. The van der Waals surface area contributed by atoms with Crippen LogP contribution in [0.15, 0.2) is 48.5 Å². The van der Waals surface area contributed by atoms with Crippen LogP contribution in [0.5, 0.6) is 0 Å². The van der Waals surface area contributed by atoms with E-state index >= 15 is 0 Å². The molecule has 0 aliphatic heterocycles. The Morgan fingerprint density at radius 3 is 1.93 bits per heavy atom. The molecule has 5 nitrogen and oxygen atoms in total. The zero-order valence-corrected chi connectivity index (χ0v) is 16.1. The lowest BCUT2D eigenvalue weighted by molar-refractivity contribution is 0.509. The molecule has 1 heterocycles. The first-order valence-corrected chi connectivity index (χ1v) is 9.18. The molecule has 146 valence electrons. The normalized spacial score (nSPS) is 10.6. The Labute approximate surface area is 163 Å². The summed E-state index contributed by atoms with van der Waals surface area (Å²) in [5.41, 5.74) is 2.47. The SMILES string of the molecule is CCN(CC)c1ccc(Nc2cc(Nc3ccc(F)c(F)c3)nc(C)n2)cc1. The molecule has 0 amide bonds. The van der Waals surface area contributed by atoms with Gasteiger partial charge in [0.2, 0.25) is 0 Å². The number of aromatic nitrogens is 2. The first-order chi connectivity index (χ1) is 13.5. The van der Waals surface area contributed by atoms with Gasteiger partial charge in [-0.2, -0.15) is 0 Å². The van der Waals surface area contributed by atoms with Gasteiger partial charge in [0.1, 0.15) is 17.5 Å². The first kappa shape index (κ1) is 19.5. The van der Waals surface area contributed by atoms with E-state index in [1.165, 1.54) is 6.07 Å². The number of anilines is 5. The van der Waals surface area contributed by atoms with Gasteiger partial charge in [-0.25, -0.2) is 18.7 Å². The van der Waals surface area contributed by atoms with Crippen LogP contribution in [0, 0.1) is 18.6 Å². The predicted molar refractivity (Wildman–Crippen MR) is 110 cm³/mol. The van der Waals surface area contributed by atoms with E-state index in [4.69, 9.17) is 0 Å². The number of aryl methyl sites for hydroxylation is 1. The van der Waals surface area contributed by atoms with E-state index in [-0.39, 0.29) is 0 Å². The lowest BCUT2D eigenvalue weighted by Crippen LogP contribution is -2.21. The monoisotopic (exact) mass is 383 g/mol. The second kappa shape index (κ2) is 8.65. The first-order valence-electron chi connectivity index (χ1n) is 9.18. The molecule has 0 atom stereocenters. The number of halogens is 2. The minimum Gasteiger partial charge on any atom is -0.372 e. The summed E-state index contributed by atoms with van der Waals surface area (Å²) in [4.78, 5) is 10.9. The quantitative estimate of drug-likeness (QED) is 0.572. The van der Waals surface area contributed by atoms with Crippen LogP contribution in [0.3, 0.4) is 0 Å². The standard InChI is InChI=1S/C21H23F2N5/c1-4-28(5-2)17-9-6-15(7-10-17)26-20-13-21(25-14(3)24-20)27-16-8-11-18(22)19(23)12-16/h6-13H,4-5H2,1-3H3,(H2,24,25,26,27). The average Bonchev–Trinajstić information content (AvgIpc) is 2.66. The molecule has 0 aliphatic carbocycles. The summed E-state index contributed by atoms with van der Waals surface area (Å²) in [5, 5.41) is 6.22. The molecule has 0 saturated heterocycles. The van der Waals surface area contributed by atoms with Gasteiger partial charge in [-0.05, 0) is 57.2 Å². The summed E-state index contributed by atoms with van der Waals surface area (Å²) in [6, 6.07) is 13.4. The smallest absolute Gasteiger partial charge is 0.160 e. The molecule has 0 saturated carbocycles. The van der Waals surface area contributed by atoms with E-state index in [2.05, 4.69) is 51.5 Å². The highest BCUT2D eigenvalue weighted by molar-refractivity contribution is 5.65. The minimum absolute atomic E-state index is 0.409. The van der Waals surface area contributed by atoms with Crippen LogP contribution >= 0.6 is 0 Å². The number of nitrogens with zero attached hydrogens (tertiary/aromatic N) is 3.